The van der Waals surface area contributed by atoms with Crippen molar-refractivity contribution in [2.24, 2.45) is 0 Å². The molecule has 4 aromatic carbocycles. The zero-order valence-corrected chi connectivity index (χ0v) is 25.6. The summed E-state index contributed by atoms with van der Waals surface area (Å²) in [6.45, 7) is 3.45. The lowest BCUT2D eigenvalue weighted by Crippen LogP contribution is -2.30. The SMILES string of the molecule is Cc1cc([N+](=O)[O-])ccc1NC(=O)C(C)Sc1ccc(NC(=O)/C(=C/c2ccc(Br)cc2)NC(=O)c2ccccc2)cc1. The van der Waals surface area contributed by atoms with E-state index in [1.807, 2.05) is 24.3 Å². The van der Waals surface area contributed by atoms with Crippen LogP contribution in [0.15, 0.2) is 112 Å². The summed E-state index contributed by atoms with van der Waals surface area (Å²) in [5.74, 6) is -1.17. The molecule has 11 heteroatoms. The van der Waals surface area contributed by atoms with Gasteiger partial charge in [-0.05, 0) is 85.6 Å². The van der Waals surface area contributed by atoms with E-state index in [2.05, 4.69) is 31.9 Å². The lowest BCUT2D eigenvalue weighted by Gasteiger charge is -2.14. The Kier molecular flexibility index (Phi) is 10.5. The number of rotatable bonds is 10. The van der Waals surface area contributed by atoms with Gasteiger partial charge in [0.25, 0.3) is 17.5 Å². The van der Waals surface area contributed by atoms with Gasteiger partial charge in [0.05, 0.1) is 10.2 Å². The first-order chi connectivity index (χ1) is 20.6. The number of halogens is 1. The second kappa shape index (κ2) is 14.4. The van der Waals surface area contributed by atoms with Gasteiger partial charge in [-0.2, -0.15) is 0 Å². The molecule has 9 nitrogen and oxygen atoms in total. The molecule has 0 aliphatic carbocycles. The number of carbonyl (C=O) groups is 3. The number of carbonyl (C=O) groups excluding carboxylic acids is 3. The van der Waals surface area contributed by atoms with Crippen LogP contribution in [0.25, 0.3) is 6.08 Å². The fourth-order valence-electron chi connectivity index (χ4n) is 3.88. The second-order valence-electron chi connectivity index (χ2n) is 9.41. The van der Waals surface area contributed by atoms with E-state index in [4.69, 9.17) is 0 Å². The van der Waals surface area contributed by atoms with Crippen molar-refractivity contribution in [3.05, 3.63) is 134 Å². The molecular weight excluding hydrogens is 632 g/mol. The summed E-state index contributed by atoms with van der Waals surface area (Å²) >= 11 is 4.72. The Bertz CT molecular complexity index is 1680. The number of benzene rings is 4. The molecule has 0 fully saturated rings. The van der Waals surface area contributed by atoms with Crippen LogP contribution in [0.3, 0.4) is 0 Å². The van der Waals surface area contributed by atoms with Crippen molar-refractivity contribution in [1.82, 2.24) is 5.32 Å². The first-order valence-corrected chi connectivity index (χ1v) is 14.7. The van der Waals surface area contributed by atoms with Crippen molar-refractivity contribution in [1.29, 1.82) is 0 Å². The number of aryl methyl sites for hydroxylation is 1. The quantitative estimate of drug-likeness (QED) is 0.0715. The molecule has 4 rings (SSSR count). The molecule has 1 atom stereocenters. The Morgan fingerprint density at radius 3 is 2.21 bits per heavy atom. The lowest BCUT2D eigenvalue weighted by atomic mass is 10.1. The maximum Gasteiger partial charge on any atom is 0.272 e. The number of thioether (sulfide) groups is 1. The number of anilines is 2. The van der Waals surface area contributed by atoms with Crippen LogP contribution in [0.5, 0.6) is 0 Å². The third kappa shape index (κ3) is 8.87. The Hall–Kier alpha value is -4.74. The van der Waals surface area contributed by atoms with Crippen LogP contribution in [0, 0.1) is 17.0 Å². The van der Waals surface area contributed by atoms with Gasteiger partial charge in [-0.15, -0.1) is 11.8 Å². The minimum Gasteiger partial charge on any atom is -0.325 e. The summed E-state index contributed by atoms with van der Waals surface area (Å²) in [6.07, 6.45) is 1.60. The van der Waals surface area contributed by atoms with Gasteiger partial charge in [0, 0.05) is 38.4 Å². The van der Waals surface area contributed by atoms with E-state index in [9.17, 15) is 24.5 Å². The molecule has 3 N–H and O–H groups in total. The predicted octanol–water partition coefficient (Wildman–Crippen LogP) is 7.19. The topological polar surface area (TPSA) is 130 Å². The summed E-state index contributed by atoms with van der Waals surface area (Å²) in [5.41, 5.74) is 2.77. The summed E-state index contributed by atoms with van der Waals surface area (Å²) in [6, 6.07) is 27.2. The summed E-state index contributed by atoms with van der Waals surface area (Å²) < 4.78 is 0.884. The zero-order chi connectivity index (χ0) is 30.9. The standard InChI is InChI=1S/C32H27BrN4O5S/c1-20-18-26(37(41)42)14-17-28(20)35-30(38)21(2)43-27-15-12-25(13-16-27)34-32(40)29(19-22-8-10-24(33)11-9-22)36-31(39)23-6-4-3-5-7-23/h3-19,21H,1-2H3,(H,34,40)(H,35,38)(H,36,39)/b29-19-. The molecule has 218 valence electrons. The van der Waals surface area contributed by atoms with Gasteiger partial charge in [-0.3, -0.25) is 24.5 Å². The highest BCUT2D eigenvalue weighted by atomic mass is 79.9. The predicted molar refractivity (Wildman–Crippen MR) is 173 cm³/mol. The maximum absolute atomic E-state index is 13.3. The van der Waals surface area contributed by atoms with Crippen molar-refractivity contribution >= 4 is 68.6 Å². The fourth-order valence-corrected chi connectivity index (χ4v) is 5.01. The number of nitro benzene ring substituents is 1. The van der Waals surface area contributed by atoms with Crippen LogP contribution in [0.1, 0.15) is 28.4 Å². The van der Waals surface area contributed by atoms with Crippen molar-refractivity contribution < 1.29 is 19.3 Å². The molecule has 4 aromatic rings. The monoisotopic (exact) mass is 658 g/mol. The largest absolute Gasteiger partial charge is 0.325 e. The van der Waals surface area contributed by atoms with Crippen LogP contribution in [0.4, 0.5) is 17.1 Å². The molecule has 0 aliphatic rings. The molecule has 0 aromatic heterocycles. The van der Waals surface area contributed by atoms with E-state index >= 15 is 0 Å². The minimum absolute atomic E-state index is 0.0420. The van der Waals surface area contributed by atoms with Crippen molar-refractivity contribution in [2.45, 2.75) is 24.0 Å². The number of nitrogens with zero attached hydrogens (tertiary/aromatic N) is 1. The van der Waals surface area contributed by atoms with E-state index in [1.54, 1.807) is 74.5 Å². The molecule has 1 unspecified atom stereocenters. The van der Waals surface area contributed by atoms with E-state index in [-0.39, 0.29) is 17.3 Å². The number of nitrogens with one attached hydrogen (secondary N) is 3. The van der Waals surface area contributed by atoms with Gasteiger partial charge in [0.2, 0.25) is 5.91 Å². The molecule has 3 amide bonds. The van der Waals surface area contributed by atoms with Crippen molar-refractivity contribution in [3.8, 4) is 0 Å². The van der Waals surface area contributed by atoms with Crippen LogP contribution in [-0.4, -0.2) is 27.9 Å². The second-order valence-corrected chi connectivity index (χ2v) is 11.7. The fraction of sp³-hybridized carbons (Fsp3) is 0.0938. The third-order valence-electron chi connectivity index (χ3n) is 6.18. The van der Waals surface area contributed by atoms with Crippen LogP contribution in [-0.2, 0) is 9.59 Å². The summed E-state index contributed by atoms with van der Waals surface area (Å²) in [4.78, 5) is 50.1. The minimum atomic E-state index is -0.501. The number of hydrogen-bond donors (Lipinski definition) is 3. The average molecular weight is 660 g/mol. The van der Waals surface area contributed by atoms with Gasteiger partial charge in [-0.25, -0.2) is 0 Å². The normalized spacial score (nSPS) is 11.7. The number of nitro groups is 1. The van der Waals surface area contributed by atoms with E-state index in [0.717, 1.165) is 14.9 Å². The molecule has 0 bridgehead atoms. The van der Waals surface area contributed by atoms with Crippen LogP contribution >= 0.6 is 27.7 Å². The molecule has 0 saturated heterocycles. The molecule has 0 saturated carbocycles. The Labute approximate surface area is 261 Å². The van der Waals surface area contributed by atoms with Crippen LogP contribution in [0.2, 0.25) is 0 Å². The van der Waals surface area contributed by atoms with Gasteiger partial charge < -0.3 is 16.0 Å². The van der Waals surface area contributed by atoms with Gasteiger partial charge in [0.15, 0.2) is 0 Å². The number of non-ortho nitro benzene ring substituents is 1. The van der Waals surface area contributed by atoms with Gasteiger partial charge in [0.1, 0.15) is 5.70 Å². The molecule has 43 heavy (non-hydrogen) atoms. The first-order valence-electron chi connectivity index (χ1n) is 13.1. The Morgan fingerprint density at radius 1 is 0.907 bits per heavy atom. The molecule has 0 radical (unpaired) electrons. The zero-order valence-electron chi connectivity index (χ0n) is 23.2. The van der Waals surface area contributed by atoms with Gasteiger partial charge >= 0.3 is 0 Å². The number of amides is 3. The third-order valence-corrected chi connectivity index (χ3v) is 7.82. The van der Waals surface area contributed by atoms with Crippen LogP contribution < -0.4 is 16.0 Å². The summed E-state index contributed by atoms with van der Waals surface area (Å²) in [5, 5.41) is 18.8. The maximum atomic E-state index is 13.3. The molecular formula is C32H27BrN4O5S. The Balaban J connectivity index is 1.41. The van der Waals surface area contributed by atoms with E-state index < -0.39 is 22.0 Å². The first kappa shape index (κ1) is 31.2. The molecule has 0 spiro atoms. The smallest absolute Gasteiger partial charge is 0.272 e. The van der Waals surface area contributed by atoms with E-state index in [0.29, 0.717) is 22.5 Å². The number of hydrogen-bond acceptors (Lipinski definition) is 6. The lowest BCUT2D eigenvalue weighted by molar-refractivity contribution is -0.384. The summed E-state index contributed by atoms with van der Waals surface area (Å²) in [7, 11) is 0. The molecule has 0 aliphatic heterocycles. The van der Waals surface area contributed by atoms with Crippen molar-refractivity contribution in [2.75, 3.05) is 10.6 Å². The average Bonchev–Trinajstić information content (AvgIpc) is 3.00. The molecule has 0 heterocycles. The highest BCUT2D eigenvalue weighted by Gasteiger charge is 2.18. The highest BCUT2D eigenvalue weighted by molar-refractivity contribution is 9.10. The highest BCUT2D eigenvalue weighted by Crippen LogP contribution is 2.27. The van der Waals surface area contributed by atoms with Gasteiger partial charge in [-0.1, -0.05) is 46.3 Å². The van der Waals surface area contributed by atoms with Crippen molar-refractivity contribution in [3.63, 3.8) is 0 Å². The van der Waals surface area contributed by atoms with E-state index in [1.165, 1.54) is 30.0 Å². The Morgan fingerprint density at radius 2 is 1.58 bits per heavy atom.